The lowest BCUT2D eigenvalue weighted by Gasteiger charge is -2.18. The van der Waals surface area contributed by atoms with Gasteiger partial charge in [0, 0.05) is 24.2 Å². The third-order valence-electron chi connectivity index (χ3n) is 3.69. The first-order valence-corrected chi connectivity index (χ1v) is 9.11. The Bertz CT molecular complexity index is 865. The Labute approximate surface area is 159 Å². The number of rotatable bonds is 7. The van der Waals surface area contributed by atoms with Crippen molar-refractivity contribution in [2.45, 2.75) is 18.2 Å². The van der Waals surface area contributed by atoms with Gasteiger partial charge in [0.1, 0.15) is 17.9 Å². The largest absolute Gasteiger partial charge is 0.467 e. The summed E-state index contributed by atoms with van der Waals surface area (Å²) in [4.78, 5) is 13.8. The van der Waals surface area contributed by atoms with Gasteiger partial charge in [0.05, 0.1) is 18.6 Å². The van der Waals surface area contributed by atoms with Crippen molar-refractivity contribution in [3.05, 3.63) is 65.1 Å². The molecule has 3 rings (SSSR count). The summed E-state index contributed by atoms with van der Waals surface area (Å²) < 4.78 is 21.0. The summed E-state index contributed by atoms with van der Waals surface area (Å²) >= 11 is 7.27. The van der Waals surface area contributed by atoms with Gasteiger partial charge in [-0.3, -0.25) is 4.79 Å². The third kappa shape index (κ3) is 4.44. The molecule has 0 atom stereocenters. The van der Waals surface area contributed by atoms with Crippen molar-refractivity contribution < 1.29 is 13.6 Å². The Kier molecular flexibility index (Phi) is 5.95. The molecule has 0 fully saturated rings. The molecule has 0 radical (unpaired) electrons. The molecule has 0 saturated heterocycles. The molecule has 0 bridgehead atoms. The Hall–Kier alpha value is -2.32. The van der Waals surface area contributed by atoms with Crippen LogP contribution in [0.5, 0.6) is 0 Å². The lowest BCUT2D eigenvalue weighted by molar-refractivity contribution is -0.127. The van der Waals surface area contributed by atoms with Crippen molar-refractivity contribution in [3.8, 4) is 0 Å². The highest BCUT2D eigenvalue weighted by Gasteiger charge is 2.16. The molecule has 2 aromatic heterocycles. The second-order valence-electron chi connectivity index (χ2n) is 5.56. The minimum absolute atomic E-state index is 0.101. The maximum Gasteiger partial charge on any atom is 0.233 e. The fourth-order valence-electron chi connectivity index (χ4n) is 2.28. The van der Waals surface area contributed by atoms with E-state index in [9.17, 15) is 9.18 Å². The Morgan fingerprint density at radius 2 is 2.23 bits per heavy atom. The van der Waals surface area contributed by atoms with Crippen LogP contribution in [-0.2, 0) is 17.9 Å². The van der Waals surface area contributed by atoms with E-state index in [2.05, 4.69) is 10.2 Å². The van der Waals surface area contributed by atoms with Gasteiger partial charge in [-0.25, -0.2) is 4.39 Å². The molecule has 136 valence electrons. The maximum absolute atomic E-state index is 13.9. The van der Waals surface area contributed by atoms with Crippen LogP contribution >= 0.6 is 23.4 Å². The minimum Gasteiger partial charge on any atom is -0.467 e. The quantitative estimate of drug-likeness (QED) is 0.574. The number of carbonyl (C=O) groups excluding carboxylic acids is 1. The predicted molar refractivity (Wildman–Crippen MR) is 96.4 cm³/mol. The molecule has 0 saturated carbocycles. The van der Waals surface area contributed by atoms with Crippen molar-refractivity contribution >= 4 is 29.3 Å². The SMILES string of the molecule is CN(Cc1c(F)cccc1Cl)C(=O)CSc1nncn1Cc1ccco1. The standard InChI is InChI=1S/C17H16ClFN4O2S/c1-22(9-13-14(18)5-2-6-15(13)19)16(24)10-26-17-21-20-11-23(17)8-12-4-3-7-25-12/h2-7,11H,8-10H2,1H3. The van der Waals surface area contributed by atoms with E-state index in [1.807, 2.05) is 6.07 Å². The smallest absolute Gasteiger partial charge is 0.233 e. The van der Waals surface area contributed by atoms with E-state index in [1.54, 1.807) is 36.3 Å². The number of carbonyl (C=O) groups is 1. The van der Waals surface area contributed by atoms with Crippen LogP contribution in [0.15, 0.2) is 52.5 Å². The lowest BCUT2D eigenvalue weighted by atomic mass is 10.2. The normalized spacial score (nSPS) is 10.9. The van der Waals surface area contributed by atoms with Crippen LogP contribution in [-0.4, -0.2) is 38.4 Å². The molecule has 1 amide bonds. The second-order valence-corrected chi connectivity index (χ2v) is 6.91. The molecular weight excluding hydrogens is 379 g/mol. The van der Waals surface area contributed by atoms with Gasteiger partial charge in [0.15, 0.2) is 5.16 Å². The summed E-state index contributed by atoms with van der Waals surface area (Å²) in [6.45, 7) is 0.585. The number of hydrogen-bond donors (Lipinski definition) is 0. The van der Waals surface area contributed by atoms with Gasteiger partial charge in [0.2, 0.25) is 5.91 Å². The topological polar surface area (TPSA) is 64.2 Å². The molecule has 0 aliphatic heterocycles. The number of furan rings is 1. The average molecular weight is 395 g/mol. The van der Waals surface area contributed by atoms with Gasteiger partial charge in [0.25, 0.3) is 0 Å². The van der Waals surface area contributed by atoms with Crippen molar-refractivity contribution in [1.82, 2.24) is 19.7 Å². The summed E-state index contributed by atoms with van der Waals surface area (Å²) in [5.74, 6) is 0.327. The van der Waals surface area contributed by atoms with Gasteiger partial charge in [-0.1, -0.05) is 29.4 Å². The summed E-state index contributed by atoms with van der Waals surface area (Å²) in [6.07, 6.45) is 3.18. The number of thioether (sulfide) groups is 1. The van der Waals surface area contributed by atoms with Crippen LogP contribution in [0.1, 0.15) is 11.3 Å². The van der Waals surface area contributed by atoms with Gasteiger partial charge >= 0.3 is 0 Å². The average Bonchev–Trinajstić information content (AvgIpc) is 3.28. The van der Waals surface area contributed by atoms with E-state index in [0.29, 0.717) is 22.3 Å². The van der Waals surface area contributed by atoms with E-state index in [0.717, 1.165) is 5.76 Å². The summed E-state index contributed by atoms with van der Waals surface area (Å²) in [5, 5.41) is 8.80. The molecule has 0 aliphatic carbocycles. The molecule has 6 nitrogen and oxygen atoms in total. The molecule has 2 heterocycles. The number of hydrogen-bond acceptors (Lipinski definition) is 5. The van der Waals surface area contributed by atoms with E-state index >= 15 is 0 Å². The summed E-state index contributed by atoms with van der Waals surface area (Å²) in [7, 11) is 1.61. The van der Waals surface area contributed by atoms with E-state index in [1.165, 1.54) is 28.8 Å². The molecule has 0 spiro atoms. The molecular formula is C17H16ClFN4O2S. The van der Waals surface area contributed by atoms with Crippen molar-refractivity contribution in [2.75, 3.05) is 12.8 Å². The molecule has 0 aliphatic rings. The number of amides is 1. The van der Waals surface area contributed by atoms with Crippen molar-refractivity contribution in [1.29, 1.82) is 0 Å². The zero-order valence-electron chi connectivity index (χ0n) is 13.9. The molecule has 1 aromatic carbocycles. The maximum atomic E-state index is 13.9. The van der Waals surface area contributed by atoms with Gasteiger partial charge in [-0.05, 0) is 24.3 Å². The first kappa shape index (κ1) is 18.5. The number of benzene rings is 1. The molecule has 0 N–H and O–H groups in total. The van der Waals surface area contributed by atoms with E-state index in [4.69, 9.17) is 16.0 Å². The fraction of sp³-hybridized carbons (Fsp3) is 0.235. The molecule has 0 unspecified atom stereocenters. The van der Waals surface area contributed by atoms with Crippen LogP contribution in [0.3, 0.4) is 0 Å². The zero-order valence-corrected chi connectivity index (χ0v) is 15.5. The van der Waals surface area contributed by atoms with Crippen LogP contribution < -0.4 is 0 Å². The van der Waals surface area contributed by atoms with Crippen LogP contribution in [0.4, 0.5) is 4.39 Å². The first-order chi connectivity index (χ1) is 12.5. The lowest BCUT2D eigenvalue weighted by Crippen LogP contribution is -2.28. The summed E-state index contributed by atoms with van der Waals surface area (Å²) in [6, 6.07) is 8.12. The van der Waals surface area contributed by atoms with Gasteiger partial charge in [-0.15, -0.1) is 10.2 Å². The Morgan fingerprint density at radius 1 is 1.38 bits per heavy atom. The third-order valence-corrected chi connectivity index (χ3v) is 5.01. The van der Waals surface area contributed by atoms with Gasteiger partial charge < -0.3 is 13.9 Å². The zero-order chi connectivity index (χ0) is 18.5. The minimum atomic E-state index is -0.428. The molecule has 26 heavy (non-hydrogen) atoms. The van der Waals surface area contributed by atoms with E-state index in [-0.39, 0.29) is 18.2 Å². The monoisotopic (exact) mass is 394 g/mol. The molecule has 3 aromatic rings. The summed E-state index contributed by atoms with van der Waals surface area (Å²) in [5.41, 5.74) is 0.302. The second kappa shape index (κ2) is 8.37. The highest BCUT2D eigenvalue weighted by atomic mass is 35.5. The Morgan fingerprint density at radius 3 is 2.96 bits per heavy atom. The molecule has 9 heteroatoms. The van der Waals surface area contributed by atoms with E-state index < -0.39 is 5.82 Å². The Balaban J connectivity index is 1.58. The first-order valence-electron chi connectivity index (χ1n) is 7.74. The predicted octanol–water partition coefficient (Wildman–Crippen LogP) is 3.46. The fourth-order valence-corrected chi connectivity index (χ4v) is 3.36. The highest BCUT2D eigenvalue weighted by molar-refractivity contribution is 7.99. The number of nitrogens with zero attached hydrogens (tertiary/aromatic N) is 4. The van der Waals surface area contributed by atoms with Gasteiger partial charge in [-0.2, -0.15) is 0 Å². The van der Waals surface area contributed by atoms with Crippen LogP contribution in [0.2, 0.25) is 5.02 Å². The highest BCUT2D eigenvalue weighted by Crippen LogP contribution is 2.21. The van der Waals surface area contributed by atoms with Crippen molar-refractivity contribution in [2.24, 2.45) is 0 Å². The number of halogens is 2. The number of aromatic nitrogens is 3. The van der Waals surface area contributed by atoms with Crippen LogP contribution in [0, 0.1) is 5.82 Å². The van der Waals surface area contributed by atoms with Crippen LogP contribution in [0.25, 0.3) is 0 Å². The van der Waals surface area contributed by atoms with Crippen molar-refractivity contribution in [3.63, 3.8) is 0 Å².